The molecule has 2 unspecified atom stereocenters. The third-order valence-corrected chi connectivity index (χ3v) is 4.70. The topological polar surface area (TPSA) is 59.2 Å². The van der Waals surface area contributed by atoms with Crippen molar-refractivity contribution in [2.45, 2.75) is 24.9 Å². The van der Waals surface area contributed by atoms with Gasteiger partial charge >= 0.3 is 0 Å². The summed E-state index contributed by atoms with van der Waals surface area (Å²) in [6.07, 6.45) is 5.56. The van der Waals surface area contributed by atoms with Crippen LogP contribution in [0.25, 0.3) is 0 Å². The predicted molar refractivity (Wildman–Crippen MR) is 79.2 cm³/mol. The maximum atomic E-state index is 12.6. The van der Waals surface area contributed by atoms with Crippen molar-refractivity contribution in [1.82, 2.24) is 9.88 Å². The van der Waals surface area contributed by atoms with Gasteiger partial charge in [-0.2, -0.15) is 0 Å². The number of carbonyl (C=O) groups excluding carboxylic acids is 1. The standard InChI is InChI=1S/C15H17N3OS/c16-14(13-4-2-10-20-13)15(19)18-9-1-3-12(18)11-5-7-17-8-6-11/h2,4-8,10,12,14H,1,3,9,16H2. The molecule has 0 radical (unpaired) electrons. The molecule has 4 nitrogen and oxygen atoms in total. The molecule has 1 fully saturated rings. The van der Waals surface area contributed by atoms with Crippen LogP contribution in [0.3, 0.4) is 0 Å². The monoisotopic (exact) mass is 287 g/mol. The van der Waals surface area contributed by atoms with Crippen molar-refractivity contribution in [3.05, 3.63) is 52.5 Å². The summed E-state index contributed by atoms with van der Waals surface area (Å²) in [6.45, 7) is 0.783. The Balaban J connectivity index is 1.80. The van der Waals surface area contributed by atoms with E-state index >= 15 is 0 Å². The second-order valence-electron chi connectivity index (χ2n) is 4.96. The zero-order valence-electron chi connectivity index (χ0n) is 11.1. The average molecular weight is 287 g/mol. The summed E-state index contributed by atoms with van der Waals surface area (Å²) in [5.74, 6) is 0.0202. The summed E-state index contributed by atoms with van der Waals surface area (Å²) < 4.78 is 0. The van der Waals surface area contributed by atoms with Crippen LogP contribution in [-0.2, 0) is 4.79 Å². The molecule has 1 aliphatic heterocycles. The summed E-state index contributed by atoms with van der Waals surface area (Å²) in [6, 6.07) is 7.40. The fourth-order valence-corrected chi connectivity index (χ4v) is 3.45. The first-order valence-corrected chi connectivity index (χ1v) is 7.65. The molecular formula is C15H17N3OS. The lowest BCUT2D eigenvalue weighted by Crippen LogP contribution is -2.37. The first-order valence-electron chi connectivity index (χ1n) is 6.77. The van der Waals surface area contributed by atoms with Gasteiger partial charge in [-0.3, -0.25) is 9.78 Å². The van der Waals surface area contributed by atoms with E-state index in [-0.39, 0.29) is 11.9 Å². The number of pyridine rings is 1. The van der Waals surface area contributed by atoms with Crippen molar-refractivity contribution in [1.29, 1.82) is 0 Å². The lowest BCUT2D eigenvalue weighted by atomic mass is 10.1. The Morgan fingerprint density at radius 2 is 2.20 bits per heavy atom. The number of thiophene rings is 1. The van der Waals surface area contributed by atoms with Crippen LogP contribution in [0.4, 0.5) is 0 Å². The van der Waals surface area contributed by atoms with Gasteiger partial charge in [-0.25, -0.2) is 0 Å². The number of nitrogens with two attached hydrogens (primary N) is 1. The average Bonchev–Trinajstić information content (AvgIpc) is 3.17. The summed E-state index contributed by atoms with van der Waals surface area (Å²) in [4.78, 5) is 19.5. The number of carbonyl (C=O) groups is 1. The minimum atomic E-state index is -0.544. The van der Waals surface area contributed by atoms with Crippen LogP contribution in [-0.4, -0.2) is 22.3 Å². The third kappa shape index (κ3) is 2.46. The molecule has 5 heteroatoms. The Bertz CT molecular complexity index is 570. The molecule has 0 aromatic carbocycles. The van der Waals surface area contributed by atoms with E-state index in [0.717, 1.165) is 29.8 Å². The number of hydrogen-bond donors (Lipinski definition) is 1. The molecule has 0 saturated carbocycles. The van der Waals surface area contributed by atoms with E-state index in [1.807, 2.05) is 34.5 Å². The van der Waals surface area contributed by atoms with Gasteiger partial charge in [0.25, 0.3) is 0 Å². The second-order valence-corrected chi connectivity index (χ2v) is 5.94. The Hall–Kier alpha value is -1.72. The Kier molecular flexibility index (Phi) is 3.80. The van der Waals surface area contributed by atoms with Crippen LogP contribution in [0.2, 0.25) is 0 Å². The first kappa shape index (κ1) is 13.3. The molecule has 1 amide bonds. The molecule has 0 bridgehead atoms. The summed E-state index contributed by atoms with van der Waals surface area (Å²) in [5.41, 5.74) is 7.25. The molecule has 104 valence electrons. The molecule has 2 aromatic rings. The zero-order valence-corrected chi connectivity index (χ0v) is 11.9. The van der Waals surface area contributed by atoms with E-state index in [4.69, 9.17) is 5.73 Å². The lowest BCUT2D eigenvalue weighted by molar-refractivity contribution is -0.133. The Morgan fingerprint density at radius 3 is 2.90 bits per heavy atom. The number of amides is 1. The van der Waals surface area contributed by atoms with E-state index in [1.54, 1.807) is 12.4 Å². The molecule has 1 aliphatic rings. The fraction of sp³-hybridized carbons (Fsp3) is 0.333. The van der Waals surface area contributed by atoms with Crippen molar-refractivity contribution in [3.8, 4) is 0 Å². The van der Waals surface area contributed by atoms with Crippen molar-refractivity contribution in [2.75, 3.05) is 6.54 Å². The summed E-state index contributed by atoms with van der Waals surface area (Å²) in [7, 11) is 0. The highest BCUT2D eigenvalue weighted by Crippen LogP contribution is 2.33. The van der Waals surface area contributed by atoms with Gasteiger partial charge < -0.3 is 10.6 Å². The lowest BCUT2D eigenvalue weighted by Gasteiger charge is -2.27. The van der Waals surface area contributed by atoms with Crippen molar-refractivity contribution >= 4 is 17.2 Å². The van der Waals surface area contributed by atoms with Gasteiger partial charge in [-0.05, 0) is 42.0 Å². The van der Waals surface area contributed by atoms with E-state index in [9.17, 15) is 4.79 Å². The highest BCUT2D eigenvalue weighted by atomic mass is 32.1. The predicted octanol–water partition coefficient (Wildman–Crippen LogP) is 2.51. The van der Waals surface area contributed by atoms with Crippen LogP contribution < -0.4 is 5.73 Å². The van der Waals surface area contributed by atoms with Gasteiger partial charge in [0.05, 0.1) is 6.04 Å². The Morgan fingerprint density at radius 1 is 1.40 bits per heavy atom. The van der Waals surface area contributed by atoms with Gasteiger partial charge in [0.15, 0.2) is 0 Å². The third-order valence-electron chi connectivity index (χ3n) is 3.74. The van der Waals surface area contributed by atoms with Crippen molar-refractivity contribution in [2.24, 2.45) is 5.73 Å². The first-order chi connectivity index (χ1) is 9.77. The van der Waals surface area contributed by atoms with Gasteiger partial charge in [0, 0.05) is 23.8 Å². The maximum absolute atomic E-state index is 12.6. The number of nitrogens with zero attached hydrogens (tertiary/aromatic N) is 2. The summed E-state index contributed by atoms with van der Waals surface area (Å²) >= 11 is 1.53. The molecule has 2 aromatic heterocycles. The molecular weight excluding hydrogens is 270 g/mol. The molecule has 1 saturated heterocycles. The van der Waals surface area contributed by atoms with Crippen LogP contribution >= 0.6 is 11.3 Å². The number of aromatic nitrogens is 1. The van der Waals surface area contributed by atoms with Gasteiger partial charge in [-0.1, -0.05) is 6.07 Å². The minimum Gasteiger partial charge on any atom is -0.334 e. The maximum Gasteiger partial charge on any atom is 0.245 e. The minimum absolute atomic E-state index is 0.0202. The quantitative estimate of drug-likeness (QED) is 0.943. The van der Waals surface area contributed by atoms with E-state index < -0.39 is 6.04 Å². The van der Waals surface area contributed by atoms with Crippen LogP contribution in [0, 0.1) is 0 Å². The van der Waals surface area contributed by atoms with Gasteiger partial charge in [0.2, 0.25) is 5.91 Å². The summed E-state index contributed by atoms with van der Waals surface area (Å²) in [5, 5.41) is 1.95. The van der Waals surface area contributed by atoms with Crippen LogP contribution in [0.5, 0.6) is 0 Å². The number of rotatable bonds is 3. The molecule has 2 atom stereocenters. The van der Waals surface area contributed by atoms with Crippen molar-refractivity contribution < 1.29 is 4.79 Å². The normalized spacial score (nSPS) is 20.1. The molecule has 2 N–H and O–H groups in total. The molecule has 20 heavy (non-hydrogen) atoms. The van der Waals surface area contributed by atoms with E-state index in [0.29, 0.717) is 0 Å². The smallest absolute Gasteiger partial charge is 0.245 e. The largest absolute Gasteiger partial charge is 0.334 e. The molecule has 0 aliphatic carbocycles. The Labute approximate surface area is 122 Å². The highest BCUT2D eigenvalue weighted by molar-refractivity contribution is 7.10. The van der Waals surface area contributed by atoms with Crippen LogP contribution in [0.15, 0.2) is 42.0 Å². The van der Waals surface area contributed by atoms with Gasteiger partial charge in [-0.15, -0.1) is 11.3 Å². The second kappa shape index (κ2) is 5.73. The molecule has 3 rings (SSSR count). The fourth-order valence-electron chi connectivity index (χ4n) is 2.73. The SMILES string of the molecule is NC(C(=O)N1CCCC1c1ccncc1)c1cccs1. The molecule has 3 heterocycles. The highest BCUT2D eigenvalue weighted by Gasteiger charge is 2.33. The van der Waals surface area contributed by atoms with E-state index in [1.165, 1.54) is 11.3 Å². The van der Waals surface area contributed by atoms with E-state index in [2.05, 4.69) is 4.98 Å². The zero-order chi connectivity index (χ0) is 13.9. The van der Waals surface area contributed by atoms with Crippen LogP contribution in [0.1, 0.15) is 35.4 Å². The molecule has 0 spiro atoms. The van der Waals surface area contributed by atoms with Crippen molar-refractivity contribution in [3.63, 3.8) is 0 Å². The number of likely N-dealkylation sites (tertiary alicyclic amines) is 1. The number of hydrogen-bond acceptors (Lipinski definition) is 4. The van der Waals surface area contributed by atoms with Gasteiger partial charge in [0.1, 0.15) is 6.04 Å².